The molecule has 0 saturated heterocycles. The minimum atomic E-state index is -3.53. The summed E-state index contributed by atoms with van der Waals surface area (Å²) in [6.45, 7) is 4.01. The van der Waals surface area contributed by atoms with Crippen LogP contribution in [0.1, 0.15) is 56.6 Å². The Morgan fingerprint density at radius 1 is 1.11 bits per heavy atom. The number of carbonyl (C=O) groups excluding carboxylic acids is 2. The first-order valence-electron chi connectivity index (χ1n) is 12.4. The first-order valence-corrected chi connectivity index (χ1v) is 14.7. The topological polar surface area (TPSA) is 86.8 Å². The fraction of sp³-hybridized carbons (Fsp3) is 0.481. The zero-order valence-corrected chi connectivity index (χ0v) is 22.8. The van der Waals surface area contributed by atoms with Crippen molar-refractivity contribution in [2.45, 2.75) is 71.0 Å². The fourth-order valence-corrected chi connectivity index (χ4v) is 5.87. The van der Waals surface area contributed by atoms with Gasteiger partial charge in [0.15, 0.2) is 0 Å². The lowest BCUT2D eigenvalue weighted by Crippen LogP contribution is -2.49. The number of hydrogen-bond donors (Lipinski definition) is 1. The molecule has 7 nitrogen and oxygen atoms in total. The summed E-state index contributed by atoms with van der Waals surface area (Å²) in [7, 11) is -3.53. The maximum Gasteiger partial charge on any atom is 0.242 e. The van der Waals surface area contributed by atoms with E-state index in [1.54, 1.807) is 36.1 Å². The van der Waals surface area contributed by atoms with Gasteiger partial charge < -0.3 is 10.2 Å². The molecule has 196 valence electrons. The van der Waals surface area contributed by atoms with E-state index in [4.69, 9.17) is 11.6 Å². The molecule has 0 aliphatic heterocycles. The molecule has 1 N–H and O–H groups in total. The van der Waals surface area contributed by atoms with Crippen LogP contribution in [0, 0.1) is 6.92 Å². The third kappa shape index (κ3) is 7.71. The summed E-state index contributed by atoms with van der Waals surface area (Å²) in [5.74, 6) is -0.378. The first-order chi connectivity index (χ1) is 17.1. The lowest BCUT2D eigenvalue weighted by atomic mass is 10.1. The van der Waals surface area contributed by atoms with Crippen LogP contribution in [0.25, 0.3) is 0 Å². The first kappa shape index (κ1) is 28.0. The number of carbonyl (C=O) groups is 2. The van der Waals surface area contributed by atoms with Crippen LogP contribution in [0.2, 0.25) is 5.02 Å². The summed E-state index contributed by atoms with van der Waals surface area (Å²) in [5.41, 5.74) is 2.27. The lowest BCUT2D eigenvalue weighted by Gasteiger charge is -2.30. The van der Waals surface area contributed by atoms with Gasteiger partial charge in [-0.1, -0.05) is 54.8 Å². The maximum atomic E-state index is 13.4. The third-order valence-electron chi connectivity index (χ3n) is 6.65. The Kier molecular flexibility index (Phi) is 9.79. The number of benzene rings is 2. The Bertz CT molecular complexity index is 1170. The van der Waals surface area contributed by atoms with Gasteiger partial charge >= 0.3 is 0 Å². The average Bonchev–Trinajstić information content (AvgIpc) is 3.33. The van der Waals surface area contributed by atoms with Crippen LogP contribution >= 0.6 is 11.6 Å². The molecule has 2 amide bonds. The Balaban J connectivity index is 1.72. The van der Waals surface area contributed by atoms with Gasteiger partial charge in [0.2, 0.25) is 21.8 Å². The van der Waals surface area contributed by atoms with Gasteiger partial charge in [0, 0.05) is 30.6 Å². The Morgan fingerprint density at radius 2 is 1.81 bits per heavy atom. The molecular weight excluding hydrogens is 498 g/mol. The second-order valence-corrected chi connectivity index (χ2v) is 11.9. The van der Waals surface area contributed by atoms with E-state index in [1.807, 2.05) is 31.2 Å². The second-order valence-electron chi connectivity index (χ2n) is 9.54. The van der Waals surface area contributed by atoms with E-state index in [0.29, 0.717) is 17.1 Å². The minimum absolute atomic E-state index is 0.111. The molecule has 9 heteroatoms. The van der Waals surface area contributed by atoms with Gasteiger partial charge in [-0.05, 0) is 62.4 Å². The number of hydrogen-bond acceptors (Lipinski definition) is 4. The summed E-state index contributed by atoms with van der Waals surface area (Å²) in [5, 5.41) is 3.65. The maximum absolute atomic E-state index is 13.4. The molecule has 1 aliphatic carbocycles. The zero-order chi connectivity index (χ0) is 26.3. The van der Waals surface area contributed by atoms with Crippen LogP contribution in [0.15, 0.2) is 48.5 Å². The smallest absolute Gasteiger partial charge is 0.242 e. The van der Waals surface area contributed by atoms with Crippen molar-refractivity contribution in [2.24, 2.45) is 0 Å². The standard InChI is InChI=1S/C27H36ClN3O4S/c1-20-10-4-7-15-25(20)31(36(3,34)35)17-9-16-26(32)30(19-22-11-8-12-23(28)18-22)21(2)27(33)29-24-13-5-6-14-24/h4,7-8,10-12,15,18,21,24H,5-6,9,13-14,16-17,19H2,1-3H3,(H,29,33). The normalized spacial score (nSPS) is 14.9. The van der Waals surface area contributed by atoms with Gasteiger partial charge in [-0.25, -0.2) is 8.42 Å². The van der Waals surface area contributed by atoms with E-state index in [0.717, 1.165) is 36.8 Å². The lowest BCUT2D eigenvalue weighted by molar-refractivity contribution is -0.141. The number of nitrogens with zero attached hydrogens (tertiary/aromatic N) is 2. The van der Waals surface area contributed by atoms with Crippen molar-refractivity contribution in [1.82, 2.24) is 10.2 Å². The van der Waals surface area contributed by atoms with E-state index >= 15 is 0 Å². The molecule has 0 aromatic heterocycles. The molecule has 0 bridgehead atoms. The van der Waals surface area contributed by atoms with Gasteiger partial charge in [-0.15, -0.1) is 0 Å². The number of rotatable bonds is 11. The van der Waals surface area contributed by atoms with Gasteiger partial charge in [0.25, 0.3) is 0 Å². The van der Waals surface area contributed by atoms with Crippen LogP contribution in [0.4, 0.5) is 5.69 Å². The van der Waals surface area contributed by atoms with Crippen LogP contribution < -0.4 is 9.62 Å². The predicted molar refractivity (Wildman–Crippen MR) is 144 cm³/mol. The van der Waals surface area contributed by atoms with Gasteiger partial charge in [-0.2, -0.15) is 0 Å². The van der Waals surface area contributed by atoms with Crippen LogP contribution in [0.5, 0.6) is 0 Å². The highest BCUT2D eigenvalue weighted by Crippen LogP contribution is 2.23. The van der Waals surface area contributed by atoms with Crippen molar-refractivity contribution >= 4 is 39.1 Å². The molecule has 2 aromatic rings. The van der Waals surface area contributed by atoms with Gasteiger partial charge in [-0.3, -0.25) is 13.9 Å². The van der Waals surface area contributed by atoms with Crippen molar-refractivity contribution in [3.8, 4) is 0 Å². The van der Waals surface area contributed by atoms with E-state index < -0.39 is 16.1 Å². The van der Waals surface area contributed by atoms with Crippen LogP contribution in [-0.2, 0) is 26.2 Å². The molecule has 2 aromatic carbocycles. The monoisotopic (exact) mass is 533 g/mol. The number of aryl methyl sites for hydroxylation is 1. The molecule has 0 spiro atoms. The number of anilines is 1. The number of nitrogens with one attached hydrogen (secondary N) is 1. The molecule has 36 heavy (non-hydrogen) atoms. The fourth-order valence-electron chi connectivity index (χ4n) is 4.63. The Morgan fingerprint density at radius 3 is 2.44 bits per heavy atom. The summed E-state index contributed by atoms with van der Waals surface area (Å²) < 4.78 is 26.3. The van der Waals surface area contributed by atoms with Crippen molar-refractivity contribution in [2.75, 3.05) is 17.1 Å². The quantitative estimate of drug-likeness (QED) is 0.454. The summed E-state index contributed by atoms with van der Waals surface area (Å²) in [4.78, 5) is 28.0. The van der Waals surface area contributed by atoms with E-state index in [9.17, 15) is 18.0 Å². The second kappa shape index (κ2) is 12.6. The highest BCUT2D eigenvalue weighted by molar-refractivity contribution is 7.92. The highest BCUT2D eigenvalue weighted by atomic mass is 35.5. The SMILES string of the molecule is Cc1ccccc1N(CCCC(=O)N(Cc1cccc(Cl)c1)C(C)C(=O)NC1CCCC1)S(C)(=O)=O. The number of halogens is 1. The summed E-state index contributed by atoms with van der Waals surface area (Å²) >= 11 is 6.15. The predicted octanol–water partition coefficient (Wildman–Crippen LogP) is 4.67. The van der Waals surface area contributed by atoms with Crippen LogP contribution in [0.3, 0.4) is 0 Å². The number of sulfonamides is 1. The van der Waals surface area contributed by atoms with Crippen molar-refractivity contribution < 1.29 is 18.0 Å². The number of para-hydroxylation sites is 1. The molecule has 3 rings (SSSR count). The average molecular weight is 534 g/mol. The molecule has 1 fully saturated rings. The van der Waals surface area contributed by atoms with Gasteiger partial charge in [0.1, 0.15) is 6.04 Å². The van der Waals surface area contributed by atoms with Gasteiger partial charge in [0.05, 0.1) is 11.9 Å². The zero-order valence-electron chi connectivity index (χ0n) is 21.2. The van der Waals surface area contributed by atoms with Crippen molar-refractivity contribution in [3.63, 3.8) is 0 Å². The molecule has 1 aliphatic rings. The third-order valence-corrected chi connectivity index (χ3v) is 8.06. The minimum Gasteiger partial charge on any atom is -0.352 e. The molecule has 0 radical (unpaired) electrons. The van der Waals surface area contributed by atoms with Crippen molar-refractivity contribution in [1.29, 1.82) is 0 Å². The van der Waals surface area contributed by atoms with E-state index in [1.165, 1.54) is 10.6 Å². The summed E-state index contributed by atoms with van der Waals surface area (Å²) in [6.07, 6.45) is 5.72. The molecule has 0 heterocycles. The molecular formula is C27H36ClN3O4S. The Hall–Kier alpha value is -2.58. The molecule has 1 atom stereocenters. The number of amides is 2. The van der Waals surface area contributed by atoms with Crippen LogP contribution in [-0.4, -0.2) is 50.0 Å². The molecule has 1 saturated carbocycles. The van der Waals surface area contributed by atoms with E-state index in [-0.39, 0.29) is 37.4 Å². The highest BCUT2D eigenvalue weighted by Gasteiger charge is 2.29. The largest absolute Gasteiger partial charge is 0.352 e. The Labute approximate surface area is 219 Å². The molecule has 1 unspecified atom stereocenters. The van der Waals surface area contributed by atoms with Crippen molar-refractivity contribution in [3.05, 3.63) is 64.7 Å². The summed E-state index contributed by atoms with van der Waals surface area (Å²) in [6, 6.07) is 14.0. The van der Waals surface area contributed by atoms with E-state index in [2.05, 4.69) is 5.32 Å².